The lowest BCUT2D eigenvalue weighted by molar-refractivity contribution is -0.123. The lowest BCUT2D eigenvalue weighted by atomic mass is 9.94. The first kappa shape index (κ1) is 20.0. The first-order valence-corrected chi connectivity index (χ1v) is 10.9. The van der Waals surface area contributed by atoms with E-state index in [4.69, 9.17) is 0 Å². The maximum Gasteiger partial charge on any atom is 0.224 e. The lowest BCUT2D eigenvalue weighted by Gasteiger charge is -2.28. The maximum atomic E-state index is 13.1. The van der Waals surface area contributed by atoms with E-state index < -0.39 is 0 Å². The molecule has 2 N–H and O–H groups in total. The summed E-state index contributed by atoms with van der Waals surface area (Å²) in [5.74, 6) is 0.867. The number of carbonyl (C=O) groups excluding carboxylic acids is 1. The number of hydrogen-bond donors (Lipinski definition) is 2. The zero-order valence-corrected chi connectivity index (χ0v) is 17.5. The predicted octanol–water partition coefficient (Wildman–Crippen LogP) is 3.74. The average molecular weight is 393 g/mol. The molecule has 1 aliphatic heterocycles. The van der Waals surface area contributed by atoms with Gasteiger partial charge in [-0.15, -0.1) is 0 Å². The molecule has 1 aliphatic carbocycles. The molecule has 154 valence electrons. The molecule has 0 aromatic heterocycles. The van der Waals surface area contributed by atoms with Crippen LogP contribution in [0, 0.1) is 11.8 Å². The van der Waals surface area contributed by atoms with Crippen LogP contribution in [0.5, 0.6) is 5.75 Å². The van der Waals surface area contributed by atoms with Crippen LogP contribution in [0.3, 0.4) is 0 Å². The van der Waals surface area contributed by atoms with E-state index in [2.05, 4.69) is 48.3 Å². The van der Waals surface area contributed by atoms with Crippen LogP contribution >= 0.6 is 0 Å². The van der Waals surface area contributed by atoms with E-state index >= 15 is 0 Å². The molecule has 29 heavy (non-hydrogen) atoms. The quantitative estimate of drug-likeness (QED) is 0.755. The molecule has 2 aromatic rings. The maximum absolute atomic E-state index is 13.1. The second kappa shape index (κ2) is 8.19. The van der Waals surface area contributed by atoms with Gasteiger partial charge in [-0.1, -0.05) is 56.3 Å². The number of amides is 1. The molecule has 4 atom stereocenters. The molecular weight excluding hydrogens is 360 g/mol. The molecule has 1 amide bonds. The number of aromatic hydroxyl groups is 1. The van der Waals surface area contributed by atoms with Crippen molar-refractivity contribution in [2.75, 3.05) is 19.6 Å². The number of benzene rings is 2. The van der Waals surface area contributed by atoms with Crippen LogP contribution in [0.4, 0.5) is 0 Å². The molecule has 1 heterocycles. The minimum Gasteiger partial charge on any atom is -0.508 e. The third-order valence-corrected chi connectivity index (χ3v) is 7.24. The Morgan fingerprint density at radius 3 is 2.45 bits per heavy atom. The van der Waals surface area contributed by atoms with Crippen molar-refractivity contribution in [2.45, 2.75) is 44.6 Å². The van der Waals surface area contributed by atoms with Gasteiger partial charge in [0.05, 0.1) is 5.92 Å². The average Bonchev–Trinajstić information content (AvgIpc) is 3.09. The zero-order valence-electron chi connectivity index (χ0n) is 17.5. The van der Waals surface area contributed by atoms with Gasteiger partial charge in [-0.2, -0.15) is 0 Å². The molecule has 0 radical (unpaired) electrons. The Morgan fingerprint density at radius 1 is 1.14 bits per heavy atom. The Morgan fingerprint density at radius 2 is 1.79 bits per heavy atom. The standard InChI is InChI=1S/C25H32N2O2/c1-18-23(25(18,2)20-8-4-3-5-9-20)24(29)26-17-21(27-14-6-7-15-27)16-19-10-12-22(28)13-11-19/h3-5,8-13,18,21,23,28H,6-7,14-17H2,1-2H3,(H,26,29)/t18?,21-,23?,25+/m0/s1. The Kier molecular flexibility index (Phi) is 5.64. The number of nitrogens with one attached hydrogen (secondary N) is 1. The fourth-order valence-corrected chi connectivity index (χ4v) is 5.14. The van der Waals surface area contributed by atoms with Crippen LogP contribution in [0.25, 0.3) is 0 Å². The monoisotopic (exact) mass is 392 g/mol. The molecule has 2 aromatic carbocycles. The molecular formula is C25H32N2O2. The van der Waals surface area contributed by atoms with E-state index in [9.17, 15) is 9.90 Å². The highest BCUT2D eigenvalue weighted by molar-refractivity contribution is 5.85. The molecule has 2 unspecified atom stereocenters. The first-order valence-electron chi connectivity index (χ1n) is 10.9. The number of rotatable bonds is 7. The lowest BCUT2D eigenvalue weighted by Crippen LogP contribution is -2.44. The summed E-state index contributed by atoms with van der Waals surface area (Å²) in [5, 5.41) is 12.8. The number of phenolic OH excluding ortho intramolecular Hbond substituents is 1. The van der Waals surface area contributed by atoms with Gasteiger partial charge in [0.1, 0.15) is 5.75 Å². The van der Waals surface area contributed by atoms with Gasteiger partial charge >= 0.3 is 0 Å². The fraction of sp³-hybridized carbons (Fsp3) is 0.480. The van der Waals surface area contributed by atoms with Gasteiger partial charge in [0.25, 0.3) is 0 Å². The van der Waals surface area contributed by atoms with Crippen molar-refractivity contribution in [3.63, 3.8) is 0 Å². The van der Waals surface area contributed by atoms with Gasteiger partial charge in [-0.25, -0.2) is 0 Å². The summed E-state index contributed by atoms with van der Waals surface area (Å²) in [5.41, 5.74) is 2.39. The van der Waals surface area contributed by atoms with Crippen molar-refractivity contribution in [3.8, 4) is 5.75 Å². The highest BCUT2D eigenvalue weighted by Crippen LogP contribution is 2.59. The summed E-state index contributed by atoms with van der Waals surface area (Å²) >= 11 is 0. The summed E-state index contributed by atoms with van der Waals surface area (Å²) in [7, 11) is 0. The molecule has 4 rings (SSSR count). The third-order valence-electron chi connectivity index (χ3n) is 7.24. The van der Waals surface area contributed by atoms with E-state index in [1.54, 1.807) is 12.1 Å². The van der Waals surface area contributed by atoms with Crippen LogP contribution in [0.15, 0.2) is 54.6 Å². The van der Waals surface area contributed by atoms with Crippen LogP contribution in [-0.4, -0.2) is 41.6 Å². The topological polar surface area (TPSA) is 52.6 Å². The van der Waals surface area contributed by atoms with Gasteiger partial charge in [-0.3, -0.25) is 9.69 Å². The second-order valence-corrected chi connectivity index (χ2v) is 8.93. The van der Waals surface area contributed by atoms with Crippen molar-refractivity contribution in [3.05, 3.63) is 65.7 Å². The molecule has 0 spiro atoms. The summed E-state index contributed by atoms with van der Waals surface area (Å²) in [6.45, 7) is 7.27. The number of carbonyl (C=O) groups is 1. The van der Waals surface area contributed by atoms with Crippen LogP contribution in [-0.2, 0) is 16.6 Å². The number of phenols is 1. The summed E-state index contributed by atoms with van der Waals surface area (Å²) < 4.78 is 0. The smallest absolute Gasteiger partial charge is 0.224 e. The van der Waals surface area contributed by atoms with Gasteiger partial charge in [0.2, 0.25) is 5.91 Å². The van der Waals surface area contributed by atoms with Crippen molar-refractivity contribution in [1.29, 1.82) is 0 Å². The van der Waals surface area contributed by atoms with Crippen LogP contribution < -0.4 is 5.32 Å². The largest absolute Gasteiger partial charge is 0.508 e. The normalized spacial score (nSPS) is 27.5. The molecule has 2 fully saturated rings. The van der Waals surface area contributed by atoms with Gasteiger partial charge in [-0.05, 0) is 61.5 Å². The van der Waals surface area contributed by atoms with E-state index in [1.807, 2.05) is 18.2 Å². The van der Waals surface area contributed by atoms with Gasteiger partial charge in [0, 0.05) is 18.0 Å². The highest BCUT2D eigenvalue weighted by Gasteiger charge is 2.62. The summed E-state index contributed by atoms with van der Waals surface area (Å²) in [4.78, 5) is 15.6. The number of likely N-dealkylation sites (tertiary alicyclic amines) is 1. The van der Waals surface area contributed by atoms with Gasteiger partial charge in [0.15, 0.2) is 0 Å². The molecule has 0 bridgehead atoms. The molecule has 2 aliphatic rings. The molecule has 4 nitrogen and oxygen atoms in total. The number of nitrogens with zero attached hydrogens (tertiary/aromatic N) is 1. The molecule has 4 heteroatoms. The van der Waals surface area contributed by atoms with Crippen molar-refractivity contribution >= 4 is 5.91 Å². The second-order valence-electron chi connectivity index (χ2n) is 8.93. The minimum atomic E-state index is -0.0640. The predicted molar refractivity (Wildman–Crippen MR) is 116 cm³/mol. The minimum absolute atomic E-state index is 0.0396. The van der Waals surface area contributed by atoms with E-state index in [1.165, 1.54) is 24.0 Å². The number of hydrogen-bond acceptors (Lipinski definition) is 3. The van der Waals surface area contributed by atoms with Crippen LogP contribution in [0.1, 0.15) is 37.8 Å². The van der Waals surface area contributed by atoms with Gasteiger partial charge < -0.3 is 10.4 Å². The fourth-order valence-electron chi connectivity index (χ4n) is 5.14. The Balaban J connectivity index is 1.40. The summed E-state index contributed by atoms with van der Waals surface area (Å²) in [6, 6.07) is 18.2. The third kappa shape index (κ3) is 4.04. The Labute approximate surface area is 173 Å². The van der Waals surface area contributed by atoms with E-state index in [-0.39, 0.29) is 17.2 Å². The Bertz CT molecular complexity index is 830. The molecule has 1 saturated heterocycles. The van der Waals surface area contributed by atoms with Crippen molar-refractivity contribution < 1.29 is 9.90 Å². The zero-order chi connectivity index (χ0) is 20.4. The van der Waals surface area contributed by atoms with E-state index in [0.29, 0.717) is 24.3 Å². The van der Waals surface area contributed by atoms with Crippen molar-refractivity contribution in [2.24, 2.45) is 11.8 Å². The highest BCUT2D eigenvalue weighted by atomic mass is 16.3. The van der Waals surface area contributed by atoms with Crippen molar-refractivity contribution in [1.82, 2.24) is 10.2 Å². The molecule has 1 saturated carbocycles. The van der Waals surface area contributed by atoms with Crippen LogP contribution in [0.2, 0.25) is 0 Å². The summed E-state index contributed by atoms with van der Waals surface area (Å²) in [6.07, 6.45) is 3.34. The SMILES string of the molecule is CC1C(C(=O)NC[C@H](Cc2ccc(O)cc2)N2CCCC2)[C@@]1(C)c1ccccc1. The Hall–Kier alpha value is -2.33. The van der Waals surface area contributed by atoms with E-state index in [0.717, 1.165) is 19.5 Å². The first-order chi connectivity index (χ1) is 14.0.